The van der Waals surface area contributed by atoms with Gasteiger partial charge in [-0.25, -0.2) is 0 Å². The zero-order valence-corrected chi connectivity index (χ0v) is 3.87. The summed E-state index contributed by atoms with van der Waals surface area (Å²) < 4.78 is 4.18. The summed E-state index contributed by atoms with van der Waals surface area (Å²) in [6, 6.07) is 0. The van der Waals surface area contributed by atoms with Crippen molar-refractivity contribution in [1.29, 1.82) is 0 Å². The zero-order valence-electron chi connectivity index (χ0n) is 3.87. The van der Waals surface area contributed by atoms with E-state index >= 15 is 0 Å². The largest absolute Gasteiger partial charge is 0.634 e. The lowest BCUT2D eigenvalue weighted by Crippen LogP contribution is -2.16. The van der Waals surface area contributed by atoms with E-state index in [-0.39, 0.29) is 6.61 Å². The standard InChI is InChI=1S/C3H7BO3/c1-2-3-7-4(5)6/h2,5-6H,1,3H2. The molecule has 0 aromatic rings. The number of rotatable bonds is 3. The molecule has 0 heterocycles. The van der Waals surface area contributed by atoms with Gasteiger partial charge in [0, 0.05) is 0 Å². The predicted molar refractivity (Wildman–Crippen MR) is 26.3 cm³/mol. The molecule has 0 spiro atoms. The summed E-state index contributed by atoms with van der Waals surface area (Å²) in [5.41, 5.74) is 0. The van der Waals surface area contributed by atoms with Crippen LogP contribution in [0.5, 0.6) is 0 Å². The molecule has 3 nitrogen and oxygen atoms in total. The lowest BCUT2D eigenvalue weighted by atomic mass is 10.3. The summed E-state index contributed by atoms with van der Waals surface area (Å²) in [6.07, 6.45) is 1.43. The second-order valence-corrected chi connectivity index (χ2v) is 0.948. The lowest BCUT2D eigenvalue weighted by molar-refractivity contribution is 0.207. The first-order valence-electron chi connectivity index (χ1n) is 1.86. The van der Waals surface area contributed by atoms with Crippen LogP contribution in [-0.2, 0) is 4.65 Å². The van der Waals surface area contributed by atoms with Crippen LogP contribution < -0.4 is 0 Å². The lowest BCUT2D eigenvalue weighted by Gasteiger charge is -1.93. The third-order valence-electron chi connectivity index (χ3n) is 0.363. The molecule has 0 radical (unpaired) electrons. The highest BCUT2D eigenvalue weighted by molar-refractivity contribution is 6.32. The fourth-order valence-corrected chi connectivity index (χ4v) is 0.154. The average Bonchev–Trinajstić information content (AvgIpc) is 1.61. The third kappa shape index (κ3) is 5.68. The molecule has 2 N–H and O–H groups in total. The molecule has 40 valence electrons. The van der Waals surface area contributed by atoms with E-state index in [4.69, 9.17) is 10.0 Å². The van der Waals surface area contributed by atoms with Crippen molar-refractivity contribution in [3.63, 3.8) is 0 Å². The van der Waals surface area contributed by atoms with E-state index in [0.717, 1.165) is 0 Å². The fraction of sp³-hybridized carbons (Fsp3) is 0.333. The van der Waals surface area contributed by atoms with E-state index in [1.54, 1.807) is 0 Å². The van der Waals surface area contributed by atoms with Crippen molar-refractivity contribution in [3.05, 3.63) is 12.7 Å². The van der Waals surface area contributed by atoms with Crippen LogP contribution in [0.2, 0.25) is 0 Å². The number of hydrogen-bond donors (Lipinski definition) is 2. The molecule has 0 rings (SSSR count). The van der Waals surface area contributed by atoms with Crippen LogP contribution in [0.4, 0.5) is 0 Å². The van der Waals surface area contributed by atoms with Gasteiger partial charge in [0.15, 0.2) is 0 Å². The topological polar surface area (TPSA) is 49.7 Å². The molecule has 0 aliphatic carbocycles. The van der Waals surface area contributed by atoms with Gasteiger partial charge in [-0.1, -0.05) is 6.08 Å². The molecule has 0 fully saturated rings. The van der Waals surface area contributed by atoms with Crippen molar-refractivity contribution in [2.45, 2.75) is 0 Å². The molecule has 7 heavy (non-hydrogen) atoms. The molecule has 0 unspecified atom stereocenters. The molecule has 0 atom stereocenters. The first-order chi connectivity index (χ1) is 3.27. The zero-order chi connectivity index (χ0) is 5.70. The molecule has 0 amide bonds. The summed E-state index contributed by atoms with van der Waals surface area (Å²) >= 11 is 0. The van der Waals surface area contributed by atoms with Gasteiger partial charge in [0.05, 0.1) is 6.61 Å². The predicted octanol–water partition coefficient (Wildman–Crippen LogP) is -0.842. The molecule has 0 aliphatic heterocycles. The fourth-order valence-electron chi connectivity index (χ4n) is 0.154. The number of hydrogen-bond acceptors (Lipinski definition) is 3. The highest BCUT2D eigenvalue weighted by atomic mass is 16.6. The monoisotopic (exact) mass is 102 g/mol. The van der Waals surface area contributed by atoms with E-state index < -0.39 is 7.32 Å². The van der Waals surface area contributed by atoms with Gasteiger partial charge >= 0.3 is 7.32 Å². The van der Waals surface area contributed by atoms with E-state index in [2.05, 4.69) is 11.2 Å². The van der Waals surface area contributed by atoms with Gasteiger partial charge in [-0.15, -0.1) is 6.58 Å². The highest BCUT2D eigenvalue weighted by Gasteiger charge is 2.04. The summed E-state index contributed by atoms with van der Waals surface area (Å²) in [4.78, 5) is 0. The van der Waals surface area contributed by atoms with E-state index in [1.807, 2.05) is 0 Å². The van der Waals surface area contributed by atoms with Crippen LogP contribution in [0.25, 0.3) is 0 Å². The Kier molecular flexibility index (Phi) is 3.69. The summed E-state index contributed by atoms with van der Waals surface area (Å²) in [5, 5.41) is 15.9. The van der Waals surface area contributed by atoms with Gasteiger partial charge < -0.3 is 14.7 Å². The van der Waals surface area contributed by atoms with Crippen molar-refractivity contribution < 1.29 is 14.7 Å². The second-order valence-electron chi connectivity index (χ2n) is 0.948. The first-order valence-corrected chi connectivity index (χ1v) is 1.86. The SMILES string of the molecule is C=CCOB(O)O. The van der Waals surface area contributed by atoms with Crippen LogP contribution in [-0.4, -0.2) is 24.0 Å². The minimum atomic E-state index is -1.67. The Morgan fingerprint density at radius 3 is 2.43 bits per heavy atom. The maximum Gasteiger partial charge on any atom is 0.634 e. The molecule has 0 bridgehead atoms. The maximum atomic E-state index is 7.97. The van der Waals surface area contributed by atoms with Crippen LogP contribution in [0.1, 0.15) is 0 Å². The molecule has 0 aromatic carbocycles. The van der Waals surface area contributed by atoms with Crippen molar-refractivity contribution in [2.75, 3.05) is 6.61 Å². The quantitative estimate of drug-likeness (QED) is 0.360. The minimum Gasteiger partial charge on any atom is -0.402 e. The van der Waals surface area contributed by atoms with E-state index in [9.17, 15) is 0 Å². The van der Waals surface area contributed by atoms with Crippen LogP contribution in [0, 0.1) is 0 Å². The molecule has 0 aliphatic rings. The summed E-state index contributed by atoms with van der Waals surface area (Å²) in [6.45, 7) is 3.45. The molecular weight excluding hydrogens is 94.8 g/mol. The summed E-state index contributed by atoms with van der Waals surface area (Å²) in [7, 11) is -1.67. The summed E-state index contributed by atoms with van der Waals surface area (Å²) in [5.74, 6) is 0. The first kappa shape index (κ1) is 6.68. The Hall–Kier alpha value is -0.315. The van der Waals surface area contributed by atoms with Gasteiger partial charge in [0.25, 0.3) is 0 Å². The third-order valence-corrected chi connectivity index (χ3v) is 0.363. The Labute approximate surface area is 42.4 Å². The van der Waals surface area contributed by atoms with Crippen LogP contribution in [0.15, 0.2) is 12.7 Å². The van der Waals surface area contributed by atoms with E-state index in [1.165, 1.54) is 6.08 Å². The molecule has 4 heteroatoms. The minimum absolute atomic E-state index is 0.164. The van der Waals surface area contributed by atoms with Crippen molar-refractivity contribution in [1.82, 2.24) is 0 Å². The normalized spacial score (nSPS) is 8.29. The maximum absolute atomic E-state index is 7.97. The van der Waals surface area contributed by atoms with E-state index in [0.29, 0.717) is 0 Å². The van der Waals surface area contributed by atoms with Gasteiger partial charge in [0.2, 0.25) is 0 Å². The molecule has 0 saturated heterocycles. The average molecular weight is 102 g/mol. The Morgan fingerprint density at radius 2 is 2.29 bits per heavy atom. The smallest absolute Gasteiger partial charge is 0.402 e. The Morgan fingerprint density at radius 1 is 1.71 bits per heavy atom. The van der Waals surface area contributed by atoms with Crippen molar-refractivity contribution in [3.8, 4) is 0 Å². The Balaban J connectivity index is 2.81. The van der Waals surface area contributed by atoms with Crippen molar-refractivity contribution >= 4 is 7.32 Å². The van der Waals surface area contributed by atoms with Crippen LogP contribution in [0.3, 0.4) is 0 Å². The Bertz CT molecular complexity index is 54.1. The van der Waals surface area contributed by atoms with Gasteiger partial charge in [-0.05, 0) is 0 Å². The van der Waals surface area contributed by atoms with Crippen LogP contribution >= 0.6 is 0 Å². The second kappa shape index (κ2) is 3.86. The molecule has 0 aromatic heterocycles. The van der Waals surface area contributed by atoms with Gasteiger partial charge in [-0.2, -0.15) is 0 Å². The molecular formula is C3H7BO3. The molecule has 0 saturated carbocycles. The van der Waals surface area contributed by atoms with Gasteiger partial charge in [-0.3, -0.25) is 0 Å². The van der Waals surface area contributed by atoms with Crippen molar-refractivity contribution in [2.24, 2.45) is 0 Å². The van der Waals surface area contributed by atoms with Gasteiger partial charge in [0.1, 0.15) is 0 Å². The highest BCUT2D eigenvalue weighted by Crippen LogP contribution is 1.73.